The van der Waals surface area contributed by atoms with Crippen LogP contribution in [0.15, 0.2) is 42.5 Å². The van der Waals surface area contributed by atoms with E-state index in [0.29, 0.717) is 17.0 Å². The van der Waals surface area contributed by atoms with Gasteiger partial charge in [-0.15, -0.1) is 0 Å². The maximum atomic E-state index is 14.2. The molecule has 2 aromatic carbocycles. The van der Waals surface area contributed by atoms with Crippen LogP contribution in [0.3, 0.4) is 0 Å². The second-order valence-electron chi connectivity index (χ2n) is 4.88. The number of primary amides is 1. The Kier molecular flexibility index (Phi) is 3.42. The average molecular weight is 296 g/mol. The number of halogens is 1. The number of aromatic nitrogens is 3. The van der Waals surface area contributed by atoms with E-state index in [9.17, 15) is 9.18 Å². The maximum Gasteiger partial charge on any atom is 0.286 e. The number of aromatic amines is 1. The summed E-state index contributed by atoms with van der Waals surface area (Å²) in [5.74, 6) is -0.760. The van der Waals surface area contributed by atoms with Crippen LogP contribution in [0.4, 0.5) is 4.39 Å². The molecule has 0 aliphatic rings. The quantitative estimate of drug-likeness (QED) is 0.779. The molecule has 0 aliphatic heterocycles. The Bertz CT molecular complexity index is 857. The molecule has 0 saturated heterocycles. The van der Waals surface area contributed by atoms with Crippen LogP contribution in [0.5, 0.6) is 0 Å². The fraction of sp³-hybridized carbons (Fsp3) is 0.0625. The fourth-order valence-electron chi connectivity index (χ4n) is 2.25. The fourth-order valence-corrected chi connectivity index (χ4v) is 2.25. The zero-order valence-corrected chi connectivity index (χ0v) is 11.8. The lowest BCUT2D eigenvalue weighted by Gasteiger charge is -2.08. The summed E-state index contributed by atoms with van der Waals surface area (Å²) in [6, 6.07) is 12.1. The lowest BCUT2D eigenvalue weighted by atomic mass is 9.98. The SMILES string of the molecule is Cc1ccccc1-c1cc(-c2n[nH]c(C(N)=O)n2)ccc1F. The van der Waals surface area contributed by atoms with Crippen LogP contribution in [-0.4, -0.2) is 21.1 Å². The van der Waals surface area contributed by atoms with Crippen LogP contribution >= 0.6 is 0 Å². The van der Waals surface area contributed by atoms with Gasteiger partial charge in [0.15, 0.2) is 5.82 Å². The maximum absolute atomic E-state index is 14.2. The highest BCUT2D eigenvalue weighted by atomic mass is 19.1. The molecule has 1 amide bonds. The van der Waals surface area contributed by atoms with Gasteiger partial charge < -0.3 is 5.73 Å². The van der Waals surface area contributed by atoms with Crippen LogP contribution in [0, 0.1) is 12.7 Å². The number of amides is 1. The summed E-state index contributed by atoms with van der Waals surface area (Å²) >= 11 is 0. The molecule has 22 heavy (non-hydrogen) atoms. The lowest BCUT2D eigenvalue weighted by molar-refractivity contribution is 0.0991. The van der Waals surface area contributed by atoms with E-state index in [4.69, 9.17) is 5.73 Å². The first-order chi connectivity index (χ1) is 10.6. The molecule has 5 nitrogen and oxygen atoms in total. The van der Waals surface area contributed by atoms with E-state index in [1.807, 2.05) is 31.2 Å². The minimum Gasteiger partial charge on any atom is -0.363 e. The van der Waals surface area contributed by atoms with Gasteiger partial charge in [-0.05, 0) is 36.2 Å². The summed E-state index contributed by atoms with van der Waals surface area (Å²) < 4.78 is 14.2. The molecule has 1 aromatic heterocycles. The summed E-state index contributed by atoms with van der Waals surface area (Å²) in [6.45, 7) is 1.92. The average Bonchev–Trinajstić information content (AvgIpc) is 2.99. The van der Waals surface area contributed by atoms with E-state index < -0.39 is 5.91 Å². The van der Waals surface area contributed by atoms with Crippen molar-refractivity contribution in [3.8, 4) is 22.5 Å². The van der Waals surface area contributed by atoms with E-state index in [2.05, 4.69) is 15.2 Å². The number of benzene rings is 2. The van der Waals surface area contributed by atoms with Crippen molar-refractivity contribution >= 4 is 5.91 Å². The van der Waals surface area contributed by atoms with Crippen LogP contribution in [0.2, 0.25) is 0 Å². The van der Waals surface area contributed by atoms with E-state index in [1.165, 1.54) is 6.07 Å². The molecular weight excluding hydrogens is 283 g/mol. The predicted molar refractivity (Wildman–Crippen MR) is 80.5 cm³/mol. The number of hydrogen-bond acceptors (Lipinski definition) is 3. The second-order valence-corrected chi connectivity index (χ2v) is 4.88. The van der Waals surface area contributed by atoms with E-state index in [1.54, 1.807) is 12.1 Å². The number of nitrogens with one attached hydrogen (secondary N) is 1. The van der Waals surface area contributed by atoms with Crippen LogP contribution < -0.4 is 5.73 Å². The predicted octanol–water partition coefficient (Wildman–Crippen LogP) is 2.69. The molecule has 3 aromatic rings. The molecule has 0 bridgehead atoms. The first kappa shape index (κ1) is 13.9. The van der Waals surface area contributed by atoms with Gasteiger partial charge in [-0.3, -0.25) is 9.89 Å². The Morgan fingerprint density at radius 2 is 1.95 bits per heavy atom. The lowest BCUT2D eigenvalue weighted by Crippen LogP contribution is -2.12. The third-order valence-electron chi connectivity index (χ3n) is 3.38. The van der Waals surface area contributed by atoms with Crippen molar-refractivity contribution < 1.29 is 9.18 Å². The summed E-state index contributed by atoms with van der Waals surface area (Å²) in [6.07, 6.45) is 0. The van der Waals surface area contributed by atoms with Crippen LogP contribution in [-0.2, 0) is 0 Å². The number of hydrogen-bond donors (Lipinski definition) is 2. The van der Waals surface area contributed by atoms with Crippen molar-refractivity contribution in [3.05, 3.63) is 59.7 Å². The summed E-state index contributed by atoms with van der Waals surface area (Å²) in [5, 5.41) is 6.39. The van der Waals surface area contributed by atoms with E-state index >= 15 is 0 Å². The minimum atomic E-state index is -0.694. The molecule has 0 atom stereocenters. The van der Waals surface area contributed by atoms with Gasteiger partial charge in [-0.2, -0.15) is 5.10 Å². The van der Waals surface area contributed by atoms with Crippen LogP contribution in [0.25, 0.3) is 22.5 Å². The normalized spacial score (nSPS) is 10.6. The monoisotopic (exact) mass is 296 g/mol. The van der Waals surface area contributed by atoms with Crippen molar-refractivity contribution in [2.45, 2.75) is 6.92 Å². The van der Waals surface area contributed by atoms with Crippen molar-refractivity contribution in [1.29, 1.82) is 0 Å². The van der Waals surface area contributed by atoms with Gasteiger partial charge in [0.2, 0.25) is 5.82 Å². The zero-order chi connectivity index (χ0) is 15.7. The molecule has 3 N–H and O–H groups in total. The molecule has 0 spiro atoms. The molecular formula is C16H13FN4O. The standard InChI is InChI=1S/C16H13FN4O/c1-9-4-2-3-5-11(9)12-8-10(6-7-13(12)17)15-19-16(14(18)22)21-20-15/h2-8H,1H3,(H2,18,22)(H,19,20,21). The Labute approximate surface area is 126 Å². The van der Waals surface area contributed by atoms with Crippen molar-refractivity contribution in [2.75, 3.05) is 0 Å². The molecule has 1 heterocycles. The first-order valence-electron chi connectivity index (χ1n) is 6.64. The smallest absolute Gasteiger partial charge is 0.286 e. The van der Waals surface area contributed by atoms with E-state index in [0.717, 1.165) is 11.1 Å². The number of aryl methyl sites for hydroxylation is 1. The summed E-state index contributed by atoms with van der Waals surface area (Å²) in [5.41, 5.74) is 7.96. The van der Waals surface area contributed by atoms with Gasteiger partial charge in [-0.25, -0.2) is 9.37 Å². The molecule has 0 fully saturated rings. The molecule has 0 unspecified atom stereocenters. The highest BCUT2D eigenvalue weighted by Gasteiger charge is 2.13. The van der Waals surface area contributed by atoms with Gasteiger partial charge in [-0.1, -0.05) is 24.3 Å². The molecule has 3 rings (SSSR count). The highest BCUT2D eigenvalue weighted by molar-refractivity contribution is 5.89. The van der Waals surface area contributed by atoms with E-state index in [-0.39, 0.29) is 11.6 Å². The van der Waals surface area contributed by atoms with Crippen molar-refractivity contribution in [1.82, 2.24) is 15.2 Å². The van der Waals surface area contributed by atoms with Gasteiger partial charge in [0.25, 0.3) is 5.91 Å². The molecule has 0 saturated carbocycles. The third-order valence-corrected chi connectivity index (χ3v) is 3.38. The molecule has 0 aliphatic carbocycles. The Balaban J connectivity index is 2.10. The number of carbonyl (C=O) groups is 1. The second kappa shape index (κ2) is 5.40. The topological polar surface area (TPSA) is 84.7 Å². The van der Waals surface area contributed by atoms with Crippen molar-refractivity contribution in [2.24, 2.45) is 5.73 Å². The largest absolute Gasteiger partial charge is 0.363 e. The number of nitrogens with two attached hydrogens (primary N) is 1. The number of rotatable bonds is 3. The van der Waals surface area contributed by atoms with Gasteiger partial charge >= 0.3 is 0 Å². The first-order valence-corrected chi connectivity index (χ1v) is 6.64. The zero-order valence-electron chi connectivity index (χ0n) is 11.8. The Hall–Kier alpha value is -3.02. The highest BCUT2D eigenvalue weighted by Crippen LogP contribution is 2.29. The van der Waals surface area contributed by atoms with Gasteiger partial charge in [0.05, 0.1) is 0 Å². The van der Waals surface area contributed by atoms with Crippen molar-refractivity contribution in [3.63, 3.8) is 0 Å². The molecule has 110 valence electrons. The van der Waals surface area contributed by atoms with Gasteiger partial charge in [0.1, 0.15) is 5.82 Å². The third kappa shape index (κ3) is 2.46. The van der Waals surface area contributed by atoms with Gasteiger partial charge in [0, 0.05) is 11.1 Å². The minimum absolute atomic E-state index is 0.0308. The summed E-state index contributed by atoms with van der Waals surface area (Å²) in [7, 11) is 0. The van der Waals surface area contributed by atoms with Crippen LogP contribution in [0.1, 0.15) is 16.2 Å². The Morgan fingerprint density at radius 3 is 2.64 bits per heavy atom. The number of H-pyrrole nitrogens is 1. The number of nitrogens with zero attached hydrogens (tertiary/aromatic N) is 2. The Morgan fingerprint density at radius 1 is 1.18 bits per heavy atom. The molecule has 0 radical (unpaired) electrons. The number of carbonyl (C=O) groups excluding carboxylic acids is 1. The summed E-state index contributed by atoms with van der Waals surface area (Å²) in [4.78, 5) is 15.1. The molecule has 6 heteroatoms.